The van der Waals surface area contributed by atoms with Gasteiger partial charge in [0.05, 0.1) is 13.1 Å². The third-order valence-corrected chi connectivity index (χ3v) is 9.38. The average Bonchev–Trinajstić information content (AvgIpc) is 3.01. The van der Waals surface area contributed by atoms with Crippen LogP contribution in [0.1, 0.15) is 142 Å². The van der Waals surface area contributed by atoms with E-state index < -0.39 is 75.4 Å². The monoisotopic (exact) mass is 782 g/mol. The summed E-state index contributed by atoms with van der Waals surface area (Å²) in [6, 6.07) is 0. The fourth-order valence-corrected chi connectivity index (χ4v) is 6.40. The molecule has 0 aliphatic carbocycles. The molecule has 0 aliphatic rings. The molecule has 2 amide bonds. The van der Waals surface area contributed by atoms with Crippen LogP contribution in [0.2, 0.25) is 0 Å². The van der Waals surface area contributed by atoms with Crippen molar-refractivity contribution in [3.63, 3.8) is 0 Å². The van der Waals surface area contributed by atoms with Crippen LogP contribution < -0.4 is 0 Å². The minimum Gasteiger partial charge on any atom is -0.338 e. The third-order valence-electron chi connectivity index (χ3n) is 8.04. The first-order valence-electron chi connectivity index (χ1n) is 17.9. The van der Waals surface area contributed by atoms with Gasteiger partial charge in [0.15, 0.2) is 0 Å². The molecule has 0 saturated heterocycles. The molecular formula is C31H62N2O14S3. The lowest BCUT2D eigenvalue weighted by Crippen LogP contribution is -2.48. The van der Waals surface area contributed by atoms with Gasteiger partial charge in [-0.3, -0.25) is 23.2 Å². The van der Waals surface area contributed by atoms with E-state index >= 15 is 0 Å². The second kappa shape index (κ2) is 28.1. The molecule has 0 saturated carbocycles. The number of carbonyl (C=O) groups is 2. The number of amides is 2. The number of nitrogens with zero attached hydrogens (tertiary/aromatic N) is 2. The molecule has 0 heterocycles. The quantitative estimate of drug-likeness (QED) is 0.0555. The fraction of sp³-hybridized carbons (Fsp3) is 0.935. The molecule has 0 fully saturated rings. The molecule has 19 heteroatoms. The van der Waals surface area contributed by atoms with Crippen molar-refractivity contribution in [3.8, 4) is 0 Å². The smallest absolute Gasteiger partial charge is 0.338 e. The molecule has 3 N–H and O–H groups in total. The van der Waals surface area contributed by atoms with E-state index in [0.29, 0.717) is 25.7 Å². The first kappa shape index (κ1) is 48.5. The van der Waals surface area contributed by atoms with E-state index in [1.54, 1.807) is 0 Å². The molecule has 0 unspecified atom stereocenters. The van der Waals surface area contributed by atoms with Crippen LogP contribution >= 0.6 is 0 Å². The van der Waals surface area contributed by atoms with Crippen molar-refractivity contribution < 1.29 is 61.0 Å². The second-order valence-corrected chi connectivity index (χ2v) is 15.8. The van der Waals surface area contributed by atoms with Gasteiger partial charge < -0.3 is 9.80 Å². The Kier molecular flexibility index (Phi) is 27.3. The molecular weight excluding hydrogens is 721 g/mol. The Balaban J connectivity index is 5.60. The number of hydrogen-bond donors (Lipinski definition) is 3. The number of unbranched alkanes of at least 4 members (excludes halogenated alkanes) is 18. The fourth-order valence-electron chi connectivity index (χ4n) is 5.43. The SMILES string of the molecule is CCCCCCCCCCCCN(CC(CN(CCCCCCCCCCCC)C(=O)COS(=O)(=O)O)OS(=O)(=O)O)C(=O)COS(=O)(=O)O. The van der Waals surface area contributed by atoms with E-state index in [1.807, 2.05) is 0 Å². The van der Waals surface area contributed by atoms with Crippen molar-refractivity contribution in [3.05, 3.63) is 0 Å². The van der Waals surface area contributed by atoms with Gasteiger partial charge in [0, 0.05) is 13.1 Å². The third kappa shape index (κ3) is 31.3. The zero-order valence-electron chi connectivity index (χ0n) is 29.9. The summed E-state index contributed by atoms with van der Waals surface area (Å²) in [7, 11) is -15.1. The summed E-state index contributed by atoms with van der Waals surface area (Å²) in [5.41, 5.74) is 0. The van der Waals surface area contributed by atoms with E-state index in [0.717, 1.165) is 74.0 Å². The summed E-state index contributed by atoms with van der Waals surface area (Å²) in [6.45, 7) is 1.02. The highest BCUT2D eigenvalue weighted by molar-refractivity contribution is 7.81. The Labute approximate surface area is 300 Å². The lowest BCUT2D eigenvalue weighted by atomic mass is 10.1. The highest BCUT2D eigenvalue weighted by atomic mass is 32.3. The van der Waals surface area contributed by atoms with Crippen molar-refractivity contribution in [1.82, 2.24) is 9.80 Å². The van der Waals surface area contributed by atoms with E-state index in [4.69, 9.17) is 13.3 Å². The summed E-state index contributed by atoms with van der Waals surface area (Å²) >= 11 is 0. The van der Waals surface area contributed by atoms with Crippen LogP contribution in [0.25, 0.3) is 0 Å². The highest BCUT2D eigenvalue weighted by Crippen LogP contribution is 2.14. The van der Waals surface area contributed by atoms with Crippen molar-refractivity contribution in [2.45, 2.75) is 148 Å². The van der Waals surface area contributed by atoms with Crippen molar-refractivity contribution >= 4 is 43.0 Å². The van der Waals surface area contributed by atoms with E-state index in [9.17, 15) is 39.4 Å². The predicted molar refractivity (Wildman–Crippen MR) is 188 cm³/mol. The van der Waals surface area contributed by atoms with Gasteiger partial charge >= 0.3 is 31.2 Å². The summed E-state index contributed by atoms with van der Waals surface area (Å²) in [5, 5.41) is 0. The Bertz CT molecular complexity index is 1150. The first-order valence-corrected chi connectivity index (χ1v) is 22.0. The van der Waals surface area contributed by atoms with Crippen molar-refractivity contribution in [2.75, 3.05) is 39.4 Å². The summed E-state index contributed by atoms with van der Waals surface area (Å²) < 4.78 is 109. The summed E-state index contributed by atoms with van der Waals surface area (Å²) in [6.07, 6.45) is 18.2. The highest BCUT2D eigenvalue weighted by Gasteiger charge is 2.28. The van der Waals surface area contributed by atoms with E-state index in [2.05, 4.69) is 22.2 Å². The molecule has 0 bridgehead atoms. The topological polar surface area (TPSA) is 231 Å². The van der Waals surface area contributed by atoms with Gasteiger partial charge in [-0.1, -0.05) is 129 Å². The zero-order valence-corrected chi connectivity index (χ0v) is 32.4. The van der Waals surface area contributed by atoms with Gasteiger partial charge in [0.1, 0.15) is 19.3 Å². The molecule has 0 aliphatic heterocycles. The summed E-state index contributed by atoms with van der Waals surface area (Å²) in [5.74, 6) is -1.88. The molecule has 0 aromatic rings. The van der Waals surface area contributed by atoms with Crippen LogP contribution in [0.3, 0.4) is 0 Å². The predicted octanol–water partition coefficient (Wildman–Crippen LogP) is 5.31. The molecule has 0 aromatic heterocycles. The lowest BCUT2D eigenvalue weighted by Gasteiger charge is -2.31. The van der Waals surface area contributed by atoms with Gasteiger partial charge in [-0.2, -0.15) is 25.3 Å². The van der Waals surface area contributed by atoms with E-state index in [-0.39, 0.29) is 13.1 Å². The molecule has 0 atom stereocenters. The second-order valence-electron chi connectivity index (χ2n) is 12.6. The van der Waals surface area contributed by atoms with Crippen LogP contribution in [-0.4, -0.2) is 106 Å². The van der Waals surface area contributed by atoms with Crippen LogP contribution in [0, 0.1) is 0 Å². The Morgan fingerprint density at radius 1 is 0.480 bits per heavy atom. The van der Waals surface area contributed by atoms with Crippen molar-refractivity contribution in [2.24, 2.45) is 0 Å². The maximum atomic E-state index is 12.9. The maximum absolute atomic E-state index is 12.9. The number of rotatable bonds is 34. The van der Waals surface area contributed by atoms with Crippen molar-refractivity contribution in [1.29, 1.82) is 0 Å². The molecule has 0 radical (unpaired) electrons. The molecule has 0 spiro atoms. The average molecular weight is 783 g/mol. The van der Waals surface area contributed by atoms with Gasteiger partial charge in [0.2, 0.25) is 11.8 Å². The summed E-state index contributed by atoms with van der Waals surface area (Å²) in [4.78, 5) is 28.0. The number of carbonyl (C=O) groups excluding carboxylic acids is 2. The maximum Gasteiger partial charge on any atom is 0.397 e. The lowest BCUT2D eigenvalue weighted by molar-refractivity contribution is -0.136. The molecule has 16 nitrogen and oxygen atoms in total. The van der Waals surface area contributed by atoms with Crippen LogP contribution in [0.5, 0.6) is 0 Å². The van der Waals surface area contributed by atoms with Gasteiger partial charge in [-0.25, -0.2) is 12.5 Å². The minimum atomic E-state index is -5.14. The Hall–Kier alpha value is -1.45. The van der Waals surface area contributed by atoms with Gasteiger partial charge in [0.25, 0.3) is 0 Å². The Morgan fingerprint density at radius 2 is 0.760 bits per heavy atom. The van der Waals surface area contributed by atoms with Gasteiger partial charge in [-0.05, 0) is 12.8 Å². The van der Waals surface area contributed by atoms with Crippen LogP contribution in [0.4, 0.5) is 0 Å². The largest absolute Gasteiger partial charge is 0.397 e. The number of hydrogen-bond acceptors (Lipinski definition) is 11. The zero-order chi connectivity index (χ0) is 37.9. The van der Waals surface area contributed by atoms with Crippen LogP contribution in [0.15, 0.2) is 0 Å². The first-order chi connectivity index (χ1) is 23.5. The van der Waals surface area contributed by atoms with E-state index in [1.165, 1.54) is 38.5 Å². The molecule has 0 aromatic carbocycles. The Morgan fingerprint density at radius 3 is 1.02 bits per heavy atom. The standard InChI is InChI=1S/C31H62N2O14S3/c1-3-5-7-9-11-13-15-17-19-21-23-32(30(34)27-45-48(36,37)38)25-29(47-50(42,43)44)26-33(31(35)28-46-49(39,40)41)24-22-20-18-16-14-12-10-8-6-4-2/h29H,3-28H2,1-2H3,(H,36,37,38)(H,39,40,41)(H,42,43,44). The van der Waals surface area contributed by atoms with Crippen LogP contribution in [-0.2, 0) is 53.3 Å². The molecule has 50 heavy (non-hydrogen) atoms. The van der Waals surface area contributed by atoms with Gasteiger partial charge in [-0.15, -0.1) is 0 Å². The normalized spacial score (nSPS) is 12.4. The molecule has 0 rings (SSSR count). The molecule has 298 valence electrons. The minimum absolute atomic E-state index is 0.00770.